The maximum absolute atomic E-state index is 11.3. The molecule has 1 heterocycles. The van der Waals surface area contributed by atoms with E-state index >= 15 is 0 Å². The van der Waals surface area contributed by atoms with Gasteiger partial charge in [0.05, 0.1) is 11.4 Å². The Morgan fingerprint density at radius 3 is 2.63 bits per heavy atom. The lowest BCUT2D eigenvalue weighted by Crippen LogP contribution is -2.13. The molecule has 0 saturated carbocycles. The van der Waals surface area contributed by atoms with Crippen LogP contribution in [-0.4, -0.2) is 8.42 Å². The topological polar surface area (TPSA) is 98.2 Å². The molecule has 5 N–H and O–H groups in total. The van der Waals surface area contributed by atoms with E-state index in [9.17, 15) is 8.42 Å². The Hall–Kier alpha value is -1.57. The van der Waals surface area contributed by atoms with Crippen LogP contribution in [0.15, 0.2) is 34.5 Å². The normalized spacial score (nSPS) is 11.5. The smallest absolute Gasteiger partial charge is 0.238 e. The van der Waals surface area contributed by atoms with Gasteiger partial charge in [-0.3, -0.25) is 0 Å². The number of hydrogen-bond donors (Lipinski definition) is 3. The van der Waals surface area contributed by atoms with E-state index in [1.807, 2.05) is 18.4 Å². The third kappa shape index (κ3) is 3.25. The van der Waals surface area contributed by atoms with Gasteiger partial charge in [0, 0.05) is 16.3 Å². The Bertz CT molecular complexity index is 693. The number of thiophene rings is 1. The average molecular weight is 297 g/mol. The number of sulfonamides is 1. The van der Waals surface area contributed by atoms with Crippen molar-refractivity contribution in [2.75, 3.05) is 11.1 Å². The summed E-state index contributed by atoms with van der Waals surface area (Å²) in [5.74, 6) is 0. The molecular weight excluding hydrogens is 282 g/mol. The first-order chi connectivity index (χ1) is 8.88. The molecule has 0 aliphatic carbocycles. The second kappa shape index (κ2) is 5.20. The second-order valence-electron chi connectivity index (χ2n) is 4.17. The SMILES string of the molecule is Cc1ccc(S(N)(=O)=O)cc1NCc1sccc1N. The molecule has 102 valence electrons. The molecule has 1 aromatic carbocycles. The number of aryl methyl sites for hydroxylation is 1. The van der Waals surface area contributed by atoms with Gasteiger partial charge in [-0.2, -0.15) is 0 Å². The van der Waals surface area contributed by atoms with Gasteiger partial charge in [0.1, 0.15) is 0 Å². The number of hydrogen-bond acceptors (Lipinski definition) is 5. The number of nitrogen functional groups attached to an aromatic ring is 1. The molecule has 19 heavy (non-hydrogen) atoms. The first-order valence-corrected chi connectivity index (χ1v) is 7.99. The number of rotatable bonds is 4. The summed E-state index contributed by atoms with van der Waals surface area (Å²) in [6, 6.07) is 6.60. The molecule has 0 radical (unpaired) electrons. The quantitative estimate of drug-likeness (QED) is 0.802. The van der Waals surface area contributed by atoms with Crippen LogP contribution in [-0.2, 0) is 16.6 Å². The van der Waals surface area contributed by atoms with Gasteiger partial charge in [-0.1, -0.05) is 6.07 Å². The standard InChI is InChI=1S/C12H15N3O2S2/c1-8-2-3-9(19(14,16)17)6-11(8)15-7-12-10(13)4-5-18-12/h2-6,15H,7,13H2,1H3,(H2,14,16,17). The lowest BCUT2D eigenvalue weighted by atomic mass is 10.2. The number of nitrogens with two attached hydrogens (primary N) is 2. The fourth-order valence-electron chi connectivity index (χ4n) is 1.64. The zero-order valence-corrected chi connectivity index (χ0v) is 12.0. The molecule has 0 amide bonds. The first kappa shape index (κ1) is 13.9. The van der Waals surface area contributed by atoms with Crippen molar-refractivity contribution in [3.63, 3.8) is 0 Å². The summed E-state index contributed by atoms with van der Waals surface area (Å²) < 4.78 is 22.6. The lowest BCUT2D eigenvalue weighted by molar-refractivity contribution is 0.598. The molecule has 0 atom stereocenters. The average Bonchev–Trinajstić information content (AvgIpc) is 2.72. The molecule has 2 aromatic rings. The summed E-state index contributed by atoms with van der Waals surface area (Å²) in [4.78, 5) is 1.11. The molecule has 1 aromatic heterocycles. The van der Waals surface area contributed by atoms with Crippen LogP contribution in [0.3, 0.4) is 0 Å². The van der Waals surface area contributed by atoms with Crippen LogP contribution in [0, 0.1) is 6.92 Å². The Morgan fingerprint density at radius 2 is 2.05 bits per heavy atom. The molecule has 0 bridgehead atoms. The van der Waals surface area contributed by atoms with Crippen LogP contribution in [0.4, 0.5) is 11.4 Å². The molecule has 2 rings (SSSR count). The third-order valence-electron chi connectivity index (χ3n) is 2.76. The van der Waals surface area contributed by atoms with Gasteiger partial charge in [-0.15, -0.1) is 11.3 Å². The van der Waals surface area contributed by atoms with E-state index in [1.54, 1.807) is 17.4 Å². The fourth-order valence-corrected chi connectivity index (χ4v) is 2.92. The van der Waals surface area contributed by atoms with Gasteiger partial charge in [0.2, 0.25) is 10.0 Å². The van der Waals surface area contributed by atoms with Crippen LogP contribution in [0.2, 0.25) is 0 Å². The van der Waals surface area contributed by atoms with Crippen molar-refractivity contribution in [1.82, 2.24) is 0 Å². The van der Waals surface area contributed by atoms with Gasteiger partial charge in [0.25, 0.3) is 0 Å². The van der Waals surface area contributed by atoms with Gasteiger partial charge in [0.15, 0.2) is 0 Å². The summed E-state index contributed by atoms with van der Waals surface area (Å²) in [6.45, 7) is 2.45. The van der Waals surface area contributed by atoms with Crippen molar-refractivity contribution in [3.8, 4) is 0 Å². The largest absolute Gasteiger partial charge is 0.398 e. The van der Waals surface area contributed by atoms with E-state index in [1.165, 1.54) is 12.1 Å². The minimum absolute atomic E-state index is 0.0970. The van der Waals surface area contributed by atoms with Crippen LogP contribution < -0.4 is 16.2 Å². The monoisotopic (exact) mass is 297 g/mol. The van der Waals surface area contributed by atoms with Crippen LogP contribution in [0.25, 0.3) is 0 Å². The van der Waals surface area contributed by atoms with Gasteiger partial charge < -0.3 is 11.1 Å². The molecule has 0 spiro atoms. The second-order valence-corrected chi connectivity index (χ2v) is 6.74. The summed E-state index contributed by atoms with van der Waals surface area (Å²) in [5, 5.41) is 10.2. The predicted octanol–water partition coefficient (Wildman–Crippen LogP) is 1.90. The predicted molar refractivity (Wildman–Crippen MR) is 78.6 cm³/mol. The van der Waals surface area contributed by atoms with E-state index in [4.69, 9.17) is 10.9 Å². The van der Waals surface area contributed by atoms with E-state index in [0.29, 0.717) is 6.54 Å². The van der Waals surface area contributed by atoms with Gasteiger partial charge >= 0.3 is 0 Å². The minimum atomic E-state index is -3.68. The molecule has 0 unspecified atom stereocenters. The zero-order chi connectivity index (χ0) is 14.0. The summed E-state index contributed by atoms with van der Waals surface area (Å²) in [6.07, 6.45) is 0. The highest BCUT2D eigenvalue weighted by atomic mass is 32.2. The van der Waals surface area contributed by atoms with Crippen molar-refractivity contribution in [2.45, 2.75) is 18.4 Å². The van der Waals surface area contributed by atoms with Crippen LogP contribution in [0.5, 0.6) is 0 Å². The fraction of sp³-hybridized carbons (Fsp3) is 0.167. The Labute approximate surface area is 116 Å². The van der Waals surface area contributed by atoms with Crippen LogP contribution >= 0.6 is 11.3 Å². The van der Waals surface area contributed by atoms with E-state index in [0.717, 1.165) is 21.8 Å². The molecule has 7 heteroatoms. The van der Waals surface area contributed by atoms with Crippen molar-refractivity contribution < 1.29 is 8.42 Å². The van der Waals surface area contributed by atoms with Crippen molar-refractivity contribution in [2.24, 2.45) is 5.14 Å². The molecule has 0 aliphatic heterocycles. The number of anilines is 2. The van der Waals surface area contributed by atoms with Crippen molar-refractivity contribution in [3.05, 3.63) is 40.1 Å². The Balaban J connectivity index is 2.23. The molecule has 0 fully saturated rings. The highest BCUT2D eigenvalue weighted by Crippen LogP contribution is 2.23. The molecule has 5 nitrogen and oxygen atoms in total. The molecular formula is C12H15N3O2S2. The van der Waals surface area contributed by atoms with E-state index < -0.39 is 10.0 Å². The molecule has 0 aliphatic rings. The minimum Gasteiger partial charge on any atom is -0.398 e. The summed E-state index contributed by atoms with van der Waals surface area (Å²) in [7, 11) is -3.68. The number of nitrogens with one attached hydrogen (secondary N) is 1. The third-order valence-corrected chi connectivity index (χ3v) is 4.60. The van der Waals surface area contributed by atoms with E-state index in [2.05, 4.69) is 5.32 Å². The van der Waals surface area contributed by atoms with Gasteiger partial charge in [-0.25, -0.2) is 13.6 Å². The van der Waals surface area contributed by atoms with Crippen molar-refractivity contribution in [1.29, 1.82) is 0 Å². The maximum atomic E-state index is 11.3. The molecule has 0 saturated heterocycles. The summed E-state index contributed by atoms with van der Waals surface area (Å²) in [5.41, 5.74) is 8.21. The number of benzene rings is 1. The highest BCUT2D eigenvalue weighted by Gasteiger charge is 2.10. The summed E-state index contributed by atoms with van der Waals surface area (Å²) >= 11 is 1.55. The number of primary sulfonamides is 1. The Morgan fingerprint density at radius 1 is 1.32 bits per heavy atom. The first-order valence-electron chi connectivity index (χ1n) is 5.57. The van der Waals surface area contributed by atoms with Crippen molar-refractivity contribution >= 4 is 32.7 Å². The zero-order valence-electron chi connectivity index (χ0n) is 10.4. The maximum Gasteiger partial charge on any atom is 0.238 e. The van der Waals surface area contributed by atoms with E-state index in [-0.39, 0.29) is 4.90 Å². The Kier molecular flexibility index (Phi) is 3.79. The van der Waals surface area contributed by atoms with Crippen LogP contribution in [0.1, 0.15) is 10.4 Å². The van der Waals surface area contributed by atoms with Gasteiger partial charge in [-0.05, 0) is 36.1 Å². The lowest BCUT2D eigenvalue weighted by Gasteiger charge is -2.10. The highest BCUT2D eigenvalue weighted by molar-refractivity contribution is 7.89.